The van der Waals surface area contributed by atoms with E-state index in [0.29, 0.717) is 0 Å². The number of hydrogen-bond donors (Lipinski definition) is 3. The van der Waals surface area contributed by atoms with Crippen molar-refractivity contribution in [1.29, 1.82) is 0 Å². The molecule has 5 heteroatoms. The second-order valence-corrected chi connectivity index (χ2v) is 4.72. The highest BCUT2D eigenvalue weighted by molar-refractivity contribution is 5.70. The van der Waals surface area contributed by atoms with Gasteiger partial charge in [0.25, 0.3) is 0 Å². The van der Waals surface area contributed by atoms with Gasteiger partial charge in [0.15, 0.2) is 0 Å². The standard InChI is InChI=1S/C15H25N3O.ClH/c1-2-3-4-5-6-7-12-19-14-10-8-13(9-11-14)18-15(16)17;/h8-11H,2-7,12H2,1H3,(H4,16,17,18);1H. The van der Waals surface area contributed by atoms with Gasteiger partial charge in [-0.15, -0.1) is 0 Å². The van der Waals surface area contributed by atoms with Gasteiger partial charge in [0.05, 0.1) is 12.3 Å². The predicted molar refractivity (Wildman–Crippen MR) is 79.3 cm³/mol. The van der Waals surface area contributed by atoms with E-state index in [0.717, 1.165) is 24.5 Å². The number of unbranched alkanes of at least 4 members (excludes halogenated alkanes) is 5. The van der Waals surface area contributed by atoms with Crippen molar-refractivity contribution in [1.82, 2.24) is 0 Å². The van der Waals surface area contributed by atoms with Crippen LogP contribution < -0.4 is 33.6 Å². The maximum atomic E-state index is 5.68. The minimum absolute atomic E-state index is 0. The minimum Gasteiger partial charge on any atom is -1.00 e. The highest BCUT2D eigenvalue weighted by Gasteiger charge is 1.97. The highest BCUT2D eigenvalue weighted by atomic mass is 35.5. The number of ether oxygens (including phenoxy) is 1. The predicted octanol–water partition coefficient (Wildman–Crippen LogP) is -1.58. The van der Waals surface area contributed by atoms with Crippen LogP contribution in [0.5, 0.6) is 5.75 Å². The Balaban J connectivity index is 0.00000361. The third-order valence-corrected chi connectivity index (χ3v) is 2.91. The summed E-state index contributed by atoms with van der Waals surface area (Å²) >= 11 is 0. The molecule has 5 N–H and O–H groups in total. The van der Waals surface area contributed by atoms with Gasteiger partial charge in [-0.25, -0.2) is 4.99 Å². The fourth-order valence-electron chi connectivity index (χ4n) is 1.87. The quantitative estimate of drug-likeness (QED) is 0.293. The topological polar surface area (TPSA) is 75.2 Å². The Kier molecular flexibility index (Phi) is 10.6. The third kappa shape index (κ3) is 8.64. The first kappa shape index (κ1) is 18.6. The lowest BCUT2D eigenvalue weighted by Gasteiger charge is -2.06. The van der Waals surface area contributed by atoms with Crippen molar-refractivity contribution < 1.29 is 22.1 Å². The van der Waals surface area contributed by atoms with Crippen molar-refractivity contribution in [3.8, 4) is 5.75 Å². The molecule has 0 aliphatic heterocycles. The first-order chi connectivity index (χ1) is 9.22. The Hall–Kier alpha value is -1.42. The minimum atomic E-state index is 0. The molecule has 1 aromatic carbocycles. The zero-order valence-corrected chi connectivity index (χ0v) is 13.0. The van der Waals surface area contributed by atoms with Crippen molar-refractivity contribution in [2.75, 3.05) is 6.61 Å². The normalized spacial score (nSPS) is 9.65. The number of nitrogens with one attached hydrogen (secondary N) is 1. The van der Waals surface area contributed by atoms with Crippen LogP contribution in [-0.4, -0.2) is 12.6 Å². The van der Waals surface area contributed by atoms with E-state index >= 15 is 0 Å². The second-order valence-electron chi connectivity index (χ2n) is 4.72. The van der Waals surface area contributed by atoms with Crippen LogP contribution in [0.2, 0.25) is 0 Å². The van der Waals surface area contributed by atoms with Gasteiger partial charge in [-0.3, -0.25) is 11.5 Å². The molecule has 0 aliphatic carbocycles. The second kappa shape index (κ2) is 11.4. The Morgan fingerprint density at radius 3 is 2.20 bits per heavy atom. The number of halogens is 1. The molecule has 1 aromatic rings. The summed E-state index contributed by atoms with van der Waals surface area (Å²) < 4.78 is 5.68. The first-order valence-corrected chi connectivity index (χ1v) is 7.10. The maximum absolute atomic E-state index is 5.68. The van der Waals surface area contributed by atoms with E-state index in [2.05, 4.69) is 11.9 Å². The zero-order chi connectivity index (χ0) is 13.9. The van der Waals surface area contributed by atoms with Crippen LogP contribution in [0.3, 0.4) is 0 Å². The maximum Gasteiger partial charge on any atom is 0.343 e. The molecule has 0 aliphatic rings. The van der Waals surface area contributed by atoms with E-state index in [4.69, 9.17) is 16.2 Å². The highest BCUT2D eigenvalue weighted by Crippen LogP contribution is 2.13. The van der Waals surface area contributed by atoms with E-state index < -0.39 is 0 Å². The van der Waals surface area contributed by atoms with E-state index in [9.17, 15) is 0 Å². The van der Waals surface area contributed by atoms with Gasteiger partial charge in [-0.1, -0.05) is 39.0 Å². The average molecular weight is 300 g/mol. The monoisotopic (exact) mass is 299 g/mol. The number of guanidine groups is 1. The molecule has 0 fully saturated rings. The zero-order valence-electron chi connectivity index (χ0n) is 12.2. The molecular formula is C15H26ClN3O. The molecule has 0 aromatic heterocycles. The largest absolute Gasteiger partial charge is 1.00 e. The van der Waals surface area contributed by atoms with Gasteiger partial charge < -0.3 is 17.1 Å². The Bertz CT molecular complexity index is 375. The molecule has 0 amide bonds. The summed E-state index contributed by atoms with van der Waals surface area (Å²) in [6, 6.07) is 7.64. The molecule has 20 heavy (non-hydrogen) atoms. The number of hydrogen-bond acceptors (Lipinski definition) is 1. The molecule has 0 spiro atoms. The molecule has 0 saturated carbocycles. The van der Waals surface area contributed by atoms with Crippen molar-refractivity contribution in [3.05, 3.63) is 24.3 Å². The van der Waals surface area contributed by atoms with Crippen molar-refractivity contribution in [2.24, 2.45) is 11.5 Å². The molecular weight excluding hydrogens is 274 g/mol. The lowest BCUT2D eigenvalue weighted by atomic mass is 10.1. The van der Waals surface area contributed by atoms with E-state index in [-0.39, 0.29) is 18.4 Å². The van der Waals surface area contributed by atoms with Crippen molar-refractivity contribution >= 4 is 11.6 Å². The van der Waals surface area contributed by atoms with Gasteiger partial charge in [-0.05, 0) is 30.7 Å². The Morgan fingerprint density at radius 2 is 1.60 bits per heavy atom. The molecule has 4 nitrogen and oxygen atoms in total. The molecule has 0 unspecified atom stereocenters. The van der Waals surface area contributed by atoms with Crippen LogP contribution in [0.4, 0.5) is 5.69 Å². The fourth-order valence-corrected chi connectivity index (χ4v) is 1.87. The van der Waals surface area contributed by atoms with Gasteiger partial charge in [-0.2, -0.15) is 0 Å². The van der Waals surface area contributed by atoms with Gasteiger partial charge >= 0.3 is 5.96 Å². The molecule has 0 heterocycles. The van der Waals surface area contributed by atoms with Crippen LogP contribution in [0, 0.1) is 0 Å². The molecule has 0 saturated heterocycles. The SMILES string of the molecule is CCCCCCCCOc1ccc([NH+]=C(N)N)cc1.[Cl-]. The summed E-state index contributed by atoms with van der Waals surface area (Å²) in [5.74, 6) is 1.08. The van der Waals surface area contributed by atoms with Crippen LogP contribution in [-0.2, 0) is 0 Å². The van der Waals surface area contributed by atoms with Crippen LogP contribution in [0.15, 0.2) is 24.3 Å². The average Bonchev–Trinajstić information content (AvgIpc) is 2.39. The summed E-state index contributed by atoms with van der Waals surface area (Å²) in [5, 5.41) is 0. The van der Waals surface area contributed by atoms with Gasteiger partial charge in [0, 0.05) is 0 Å². The van der Waals surface area contributed by atoms with E-state index in [1.165, 1.54) is 32.1 Å². The smallest absolute Gasteiger partial charge is 0.343 e. The molecule has 114 valence electrons. The van der Waals surface area contributed by atoms with E-state index in [1.807, 2.05) is 24.3 Å². The summed E-state index contributed by atoms with van der Waals surface area (Å²) in [6.45, 7) is 3.02. The summed E-state index contributed by atoms with van der Waals surface area (Å²) in [5.41, 5.74) is 11.6. The summed E-state index contributed by atoms with van der Waals surface area (Å²) in [6.07, 6.45) is 7.66. The lowest BCUT2D eigenvalue weighted by molar-refractivity contribution is -0.356. The number of benzene rings is 1. The molecule has 0 bridgehead atoms. The molecule has 1 rings (SSSR count). The van der Waals surface area contributed by atoms with Crippen LogP contribution in [0.1, 0.15) is 45.4 Å². The van der Waals surface area contributed by atoms with Crippen LogP contribution in [0.25, 0.3) is 0 Å². The number of nitrogens with two attached hydrogens (primary N) is 2. The number of rotatable bonds is 9. The summed E-state index contributed by atoms with van der Waals surface area (Å²) in [7, 11) is 0. The van der Waals surface area contributed by atoms with Crippen LogP contribution >= 0.6 is 0 Å². The Labute approximate surface area is 128 Å². The molecule has 0 atom stereocenters. The lowest BCUT2D eigenvalue weighted by Crippen LogP contribution is -3.00. The fraction of sp³-hybridized carbons (Fsp3) is 0.533. The first-order valence-electron chi connectivity index (χ1n) is 7.10. The summed E-state index contributed by atoms with van der Waals surface area (Å²) in [4.78, 5) is 2.84. The van der Waals surface area contributed by atoms with Gasteiger partial charge in [0.1, 0.15) is 5.75 Å². The third-order valence-electron chi connectivity index (χ3n) is 2.91. The molecule has 0 radical (unpaired) electrons. The van der Waals surface area contributed by atoms with Gasteiger partial charge in [0.2, 0.25) is 0 Å². The van der Waals surface area contributed by atoms with Crippen molar-refractivity contribution in [2.45, 2.75) is 45.4 Å². The van der Waals surface area contributed by atoms with E-state index in [1.54, 1.807) is 0 Å². The van der Waals surface area contributed by atoms with Crippen molar-refractivity contribution in [3.63, 3.8) is 0 Å². The Morgan fingerprint density at radius 1 is 1.00 bits per heavy atom.